The highest BCUT2D eigenvalue weighted by atomic mass is 16.2. The number of piperidine rings is 1. The number of carbonyl (C=O) groups is 1. The highest BCUT2D eigenvalue weighted by Crippen LogP contribution is 2.26. The van der Waals surface area contributed by atoms with Crippen molar-refractivity contribution in [2.75, 3.05) is 32.7 Å². The minimum absolute atomic E-state index is 0.187. The molecule has 2 N–H and O–H groups in total. The van der Waals surface area contributed by atoms with Crippen LogP contribution < -0.4 is 10.6 Å². The number of hydrogen-bond acceptors (Lipinski definition) is 3. The molecule has 2 aliphatic heterocycles. The summed E-state index contributed by atoms with van der Waals surface area (Å²) in [5.41, 5.74) is 1.24. The molecule has 3 rings (SSSR count). The molecule has 0 aromatic heterocycles. The normalized spacial score (nSPS) is 24.6. The number of piperazine rings is 1. The minimum atomic E-state index is 0.187. The number of nitrogens with zero attached hydrogens (tertiary/aromatic N) is 1. The molecule has 0 spiro atoms. The third-order valence-electron chi connectivity index (χ3n) is 4.40. The van der Waals surface area contributed by atoms with E-state index in [2.05, 4.69) is 39.8 Å². The van der Waals surface area contributed by atoms with E-state index in [0.29, 0.717) is 5.91 Å². The predicted octanol–water partition coefficient (Wildman–Crippen LogP) is 1.16. The summed E-state index contributed by atoms with van der Waals surface area (Å²) in [4.78, 5) is 14.9. The number of nitrogens with one attached hydrogen (secondary N) is 2. The van der Waals surface area contributed by atoms with E-state index < -0.39 is 0 Å². The molecule has 4 nitrogen and oxygen atoms in total. The van der Waals surface area contributed by atoms with E-state index >= 15 is 0 Å². The zero-order chi connectivity index (χ0) is 13.8. The Morgan fingerprint density at radius 1 is 1.05 bits per heavy atom. The Labute approximate surface area is 120 Å². The van der Waals surface area contributed by atoms with Crippen LogP contribution in [-0.2, 0) is 4.79 Å². The summed E-state index contributed by atoms with van der Waals surface area (Å²) in [5, 5.41) is 6.75. The minimum Gasteiger partial charge on any atom is -0.333 e. The third-order valence-corrected chi connectivity index (χ3v) is 4.40. The van der Waals surface area contributed by atoms with Gasteiger partial charge in [0.25, 0.3) is 0 Å². The van der Waals surface area contributed by atoms with Crippen molar-refractivity contribution in [3.05, 3.63) is 35.9 Å². The van der Waals surface area contributed by atoms with E-state index in [-0.39, 0.29) is 12.0 Å². The fourth-order valence-electron chi connectivity index (χ4n) is 3.24. The topological polar surface area (TPSA) is 44.4 Å². The number of carbonyl (C=O) groups excluding carboxylic acids is 1. The smallest absolute Gasteiger partial charge is 0.226 e. The number of benzene rings is 1. The number of rotatable bonds is 2. The van der Waals surface area contributed by atoms with Crippen LogP contribution in [0.2, 0.25) is 0 Å². The molecule has 108 valence electrons. The van der Waals surface area contributed by atoms with Crippen LogP contribution in [-0.4, -0.2) is 43.5 Å². The van der Waals surface area contributed by atoms with Gasteiger partial charge in [0, 0.05) is 25.6 Å². The zero-order valence-corrected chi connectivity index (χ0v) is 11.8. The van der Waals surface area contributed by atoms with Crippen LogP contribution in [0.5, 0.6) is 0 Å². The highest BCUT2D eigenvalue weighted by Gasteiger charge is 2.32. The molecule has 2 heterocycles. The lowest BCUT2D eigenvalue weighted by molar-refractivity contribution is -0.139. The summed E-state index contributed by atoms with van der Waals surface area (Å²) in [6, 6.07) is 10.6. The van der Waals surface area contributed by atoms with Crippen LogP contribution in [0.25, 0.3) is 0 Å². The molecule has 2 aliphatic rings. The monoisotopic (exact) mass is 273 g/mol. The molecule has 0 bridgehead atoms. The second-order valence-corrected chi connectivity index (χ2v) is 5.69. The van der Waals surface area contributed by atoms with Gasteiger partial charge in [-0.05, 0) is 31.5 Å². The van der Waals surface area contributed by atoms with Crippen molar-refractivity contribution in [1.82, 2.24) is 15.5 Å². The first kappa shape index (κ1) is 13.6. The van der Waals surface area contributed by atoms with E-state index in [4.69, 9.17) is 0 Å². The summed E-state index contributed by atoms with van der Waals surface area (Å²) >= 11 is 0. The Kier molecular flexibility index (Phi) is 4.33. The quantitative estimate of drug-likeness (QED) is 0.850. The average molecular weight is 273 g/mol. The molecule has 2 fully saturated rings. The molecule has 0 radical (unpaired) electrons. The van der Waals surface area contributed by atoms with Crippen LogP contribution in [0.4, 0.5) is 0 Å². The summed E-state index contributed by atoms with van der Waals surface area (Å²) in [6.45, 7) is 4.53. The molecule has 1 unspecified atom stereocenters. The second kappa shape index (κ2) is 6.37. The highest BCUT2D eigenvalue weighted by molar-refractivity contribution is 5.79. The van der Waals surface area contributed by atoms with Gasteiger partial charge >= 0.3 is 0 Å². The van der Waals surface area contributed by atoms with Gasteiger partial charge in [0.05, 0.1) is 6.04 Å². The van der Waals surface area contributed by atoms with Gasteiger partial charge in [-0.1, -0.05) is 30.3 Å². The Hall–Kier alpha value is -1.39. The molecule has 20 heavy (non-hydrogen) atoms. The van der Waals surface area contributed by atoms with Gasteiger partial charge in [-0.2, -0.15) is 0 Å². The SMILES string of the molecule is O=C(C1CCNCC1)N1CCNCC1c1ccccc1. The molecule has 2 saturated heterocycles. The van der Waals surface area contributed by atoms with Crippen LogP contribution >= 0.6 is 0 Å². The van der Waals surface area contributed by atoms with Crippen LogP contribution in [0.15, 0.2) is 30.3 Å². The number of amides is 1. The van der Waals surface area contributed by atoms with Crippen molar-refractivity contribution in [3.8, 4) is 0 Å². The first-order valence-electron chi connectivity index (χ1n) is 7.63. The summed E-state index contributed by atoms with van der Waals surface area (Å²) in [7, 11) is 0. The van der Waals surface area contributed by atoms with Crippen LogP contribution in [0.3, 0.4) is 0 Å². The van der Waals surface area contributed by atoms with Crippen LogP contribution in [0.1, 0.15) is 24.4 Å². The Morgan fingerprint density at radius 3 is 2.55 bits per heavy atom. The van der Waals surface area contributed by atoms with Crippen molar-refractivity contribution >= 4 is 5.91 Å². The molecule has 0 aliphatic carbocycles. The molecule has 0 saturated carbocycles. The van der Waals surface area contributed by atoms with E-state index in [1.54, 1.807) is 0 Å². The van der Waals surface area contributed by atoms with Gasteiger partial charge < -0.3 is 15.5 Å². The van der Waals surface area contributed by atoms with Crippen molar-refractivity contribution in [1.29, 1.82) is 0 Å². The molecule has 1 amide bonds. The van der Waals surface area contributed by atoms with Crippen LogP contribution in [0, 0.1) is 5.92 Å². The fraction of sp³-hybridized carbons (Fsp3) is 0.562. The van der Waals surface area contributed by atoms with Gasteiger partial charge in [-0.3, -0.25) is 4.79 Å². The summed E-state index contributed by atoms with van der Waals surface area (Å²) in [5.74, 6) is 0.558. The third kappa shape index (κ3) is 2.86. The molecular formula is C16H23N3O. The molecule has 1 atom stereocenters. The van der Waals surface area contributed by atoms with Crippen molar-refractivity contribution < 1.29 is 4.79 Å². The standard InChI is InChI=1S/C16H23N3O/c20-16(14-6-8-17-9-7-14)19-11-10-18-12-15(19)13-4-2-1-3-5-13/h1-5,14-15,17-18H,6-12H2. The fourth-order valence-corrected chi connectivity index (χ4v) is 3.24. The molecule has 1 aromatic carbocycles. The maximum atomic E-state index is 12.8. The van der Waals surface area contributed by atoms with Gasteiger partial charge in [0.15, 0.2) is 0 Å². The summed E-state index contributed by atoms with van der Waals surface area (Å²) in [6.07, 6.45) is 1.95. The Balaban J connectivity index is 1.76. The van der Waals surface area contributed by atoms with E-state index in [0.717, 1.165) is 45.6 Å². The lowest BCUT2D eigenvalue weighted by Crippen LogP contribution is -2.51. The van der Waals surface area contributed by atoms with Gasteiger partial charge in [-0.25, -0.2) is 0 Å². The first-order chi connectivity index (χ1) is 9.86. The van der Waals surface area contributed by atoms with Crippen molar-refractivity contribution in [2.45, 2.75) is 18.9 Å². The average Bonchev–Trinajstić information content (AvgIpc) is 2.56. The van der Waals surface area contributed by atoms with Gasteiger partial charge in [0.1, 0.15) is 0 Å². The lowest BCUT2D eigenvalue weighted by Gasteiger charge is -2.39. The lowest BCUT2D eigenvalue weighted by atomic mass is 9.94. The summed E-state index contributed by atoms with van der Waals surface area (Å²) < 4.78 is 0. The zero-order valence-electron chi connectivity index (χ0n) is 11.8. The van der Waals surface area contributed by atoms with Crippen molar-refractivity contribution in [2.24, 2.45) is 5.92 Å². The molecule has 4 heteroatoms. The van der Waals surface area contributed by atoms with Gasteiger partial charge in [-0.15, -0.1) is 0 Å². The maximum absolute atomic E-state index is 12.8. The maximum Gasteiger partial charge on any atom is 0.226 e. The van der Waals surface area contributed by atoms with E-state index in [9.17, 15) is 4.79 Å². The largest absolute Gasteiger partial charge is 0.333 e. The van der Waals surface area contributed by atoms with E-state index in [1.807, 2.05) is 6.07 Å². The Bertz CT molecular complexity index is 442. The first-order valence-corrected chi connectivity index (χ1v) is 7.63. The van der Waals surface area contributed by atoms with Gasteiger partial charge in [0.2, 0.25) is 5.91 Å². The molecule has 1 aromatic rings. The molecular weight excluding hydrogens is 250 g/mol. The Morgan fingerprint density at radius 2 is 1.80 bits per heavy atom. The number of hydrogen-bond donors (Lipinski definition) is 2. The second-order valence-electron chi connectivity index (χ2n) is 5.69. The van der Waals surface area contributed by atoms with E-state index in [1.165, 1.54) is 5.56 Å². The van der Waals surface area contributed by atoms with Crippen molar-refractivity contribution in [3.63, 3.8) is 0 Å². The predicted molar refractivity (Wildman–Crippen MR) is 79.4 cm³/mol.